The van der Waals surface area contributed by atoms with E-state index in [0.717, 1.165) is 25.7 Å². The Balaban J connectivity index is 3.96. The summed E-state index contributed by atoms with van der Waals surface area (Å²) >= 11 is 0. The molecule has 196 valence electrons. The van der Waals surface area contributed by atoms with Crippen LogP contribution in [0.5, 0.6) is 0 Å². The fourth-order valence-electron chi connectivity index (χ4n) is 4.19. The van der Waals surface area contributed by atoms with Gasteiger partial charge in [-0.15, -0.1) is 0 Å². The van der Waals surface area contributed by atoms with E-state index < -0.39 is 5.41 Å². The van der Waals surface area contributed by atoms with E-state index in [1.165, 1.54) is 77.0 Å². The number of aliphatic hydroxyl groups excluding tert-OH is 2. The maximum Gasteiger partial charge on any atom is 0.220 e. The second-order valence-electron chi connectivity index (χ2n) is 10.1. The summed E-state index contributed by atoms with van der Waals surface area (Å²) in [5.41, 5.74) is -0.816. The molecule has 0 aliphatic carbocycles. The predicted octanol–water partition coefficient (Wildman–Crippen LogP) is 6.48. The standard InChI is InChI=1S/C28H55NO4/c1-3-5-7-9-11-13-15-17-19-26(32)21-22-28(24-30,25-31)23-29-27(33)20-18-16-14-12-10-8-6-4-2/h30-31H,3-25H2,1-2H3,(H,29,33). The van der Waals surface area contributed by atoms with Gasteiger partial charge >= 0.3 is 0 Å². The Hall–Kier alpha value is -0.940. The molecular formula is C28H55NO4. The highest BCUT2D eigenvalue weighted by atomic mass is 16.3. The average molecular weight is 470 g/mol. The van der Waals surface area contributed by atoms with Crippen molar-refractivity contribution in [3.05, 3.63) is 0 Å². The van der Waals surface area contributed by atoms with Crippen molar-refractivity contribution in [1.82, 2.24) is 5.32 Å². The maximum atomic E-state index is 12.3. The minimum absolute atomic E-state index is 0.0301. The summed E-state index contributed by atoms with van der Waals surface area (Å²) in [5, 5.41) is 22.6. The molecule has 0 fully saturated rings. The van der Waals surface area contributed by atoms with E-state index in [1.54, 1.807) is 0 Å². The molecule has 0 saturated carbocycles. The Morgan fingerprint density at radius 3 is 1.48 bits per heavy atom. The van der Waals surface area contributed by atoms with Gasteiger partial charge in [0, 0.05) is 31.2 Å². The van der Waals surface area contributed by atoms with Crippen molar-refractivity contribution in [2.45, 2.75) is 142 Å². The van der Waals surface area contributed by atoms with E-state index in [1.807, 2.05) is 0 Å². The molecule has 0 aliphatic rings. The maximum absolute atomic E-state index is 12.3. The first-order chi connectivity index (χ1) is 16.0. The van der Waals surface area contributed by atoms with Gasteiger partial charge < -0.3 is 15.5 Å². The van der Waals surface area contributed by atoms with E-state index in [2.05, 4.69) is 19.2 Å². The van der Waals surface area contributed by atoms with Crippen LogP contribution in [0, 0.1) is 5.41 Å². The topological polar surface area (TPSA) is 86.6 Å². The van der Waals surface area contributed by atoms with Crippen LogP contribution in [-0.4, -0.2) is 41.7 Å². The zero-order valence-electron chi connectivity index (χ0n) is 22.0. The van der Waals surface area contributed by atoms with Crippen molar-refractivity contribution < 1.29 is 19.8 Å². The molecule has 0 spiro atoms. The van der Waals surface area contributed by atoms with Gasteiger partial charge in [-0.25, -0.2) is 0 Å². The highest BCUT2D eigenvalue weighted by Crippen LogP contribution is 2.23. The average Bonchev–Trinajstić information content (AvgIpc) is 2.83. The number of unbranched alkanes of at least 4 members (excludes halogenated alkanes) is 14. The van der Waals surface area contributed by atoms with Gasteiger partial charge in [0.05, 0.1) is 13.2 Å². The predicted molar refractivity (Wildman–Crippen MR) is 138 cm³/mol. The van der Waals surface area contributed by atoms with Gasteiger partial charge in [-0.3, -0.25) is 9.59 Å². The largest absolute Gasteiger partial charge is 0.396 e. The first-order valence-corrected chi connectivity index (χ1v) is 14.0. The summed E-state index contributed by atoms with van der Waals surface area (Å²) in [6.45, 7) is 4.21. The molecule has 0 aliphatic heterocycles. The fourth-order valence-corrected chi connectivity index (χ4v) is 4.19. The molecule has 5 nitrogen and oxygen atoms in total. The summed E-state index contributed by atoms with van der Waals surface area (Å²) in [4.78, 5) is 24.4. The highest BCUT2D eigenvalue weighted by Gasteiger charge is 2.30. The van der Waals surface area contributed by atoms with Gasteiger partial charge in [0.1, 0.15) is 5.78 Å². The second kappa shape index (κ2) is 22.8. The van der Waals surface area contributed by atoms with Crippen LogP contribution >= 0.6 is 0 Å². The molecule has 0 aromatic heterocycles. The van der Waals surface area contributed by atoms with E-state index in [0.29, 0.717) is 25.7 Å². The van der Waals surface area contributed by atoms with Crippen LogP contribution in [0.2, 0.25) is 0 Å². The number of aliphatic hydroxyl groups is 2. The monoisotopic (exact) mass is 469 g/mol. The number of rotatable bonds is 25. The van der Waals surface area contributed by atoms with Crippen LogP contribution in [0.25, 0.3) is 0 Å². The van der Waals surface area contributed by atoms with Crippen molar-refractivity contribution in [3.8, 4) is 0 Å². The number of Topliss-reactive ketones (excluding diaryl/α,β-unsaturated/α-hetero) is 1. The van der Waals surface area contributed by atoms with Gasteiger partial charge in [-0.1, -0.05) is 104 Å². The fraction of sp³-hybridized carbons (Fsp3) is 0.929. The van der Waals surface area contributed by atoms with Crippen molar-refractivity contribution in [2.24, 2.45) is 5.41 Å². The molecule has 0 rings (SSSR count). The third-order valence-corrected chi connectivity index (χ3v) is 6.83. The lowest BCUT2D eigenvalue weighted by atomic mass is 9.83. The van der Waals surface area contributed by atoms with Crippen molar-refractivity contribution in [2.75, 3.05) is 19.8 Å². The number of ketones is 1. The van der Waals surface area contributed by atoms with Gasteiger partial charge in [0.2, 0.25) is 5.91 Å². The molecule has 3 N–H and O–H groups in total. The van der Waals surface area contributed by atoms with Gasteiger partial charge in [-0.05, 0) is 19.3 Å². The van der Waals surface area contributed by atoms with E-state index in [4.69, 9.17) is 0 Å². The minimum Gasteiger partial charge on any atom is -0.396 e. The second-order valence-corrected chi connectivity index (χ2v) is 10.1. The molecule has 0 unspecified atom stereocenters. The van der Waals surface area contributed by atoms with Crippen LogP contribution < -0.4 is 5.32 Å². The van der Waals surface area contributed by atoms with E-state index in [-0.39, 0.29) is 31.4 Å². The summed E-state index contributed by atoms with van der Waals surface area (Å²) in [5.74, 6) is 0.162. The lowest BCUT2D eigenvalue weighted by molar-refractivity contribution is -0.122. The third-order valence-electron chi connectivity index (χ3n) is 6.83. The summed E-state index contributed by atoms with van der Waals surface area (Å²) in [6, 6.07) is 0. The van der Waals surface area contributed by atoms with E-state index >= 15 is 0 Å². The smallest absolute Gasteiger partial charge is 0.220 e. The molecule has 0 saturated heterocycles. The number of carbonyl (C=O) groups excluding carboxylic acids is 2. The van der Waals surface area contributed by atoms with Crippen molar-refractivity contribution >= 4 is 11.7 Å². The molecular weight excluding hydrogens is 414 g/mol. The summed E-state index contributed by atoms with van der Waals surface area (Å²) < 4.78 is 0. The van der Waals surface area contributed by atoms with Crippen LogP contribution in [0.3, 0.4) is 0 Å². The molecule has 0 radical (unpaired) electrons. The Kier molecular flexibility index (Phi) is 22.2. The Bertz CT molecular complexity index is 425. The van der Waals surface area contributed by atoms with Crippen molar-refractivity contribution in [1.29, 1.82) is 0 Å². The van der Waals surface area contributed by atoms with Gasteiger partial charge in [0.25, 0.3) is 0 Å². The minimum atomic E-state index is -0.816. The molecule has 1 amide bonds. The summed E-state index contributed by atoms with van der Waals surface area (Å²) in [7, 11) is 0. The number of hydrogen-bond acceptors (Lipinski definition) is 4. The molecule has 0 aromatic carbocycles. The van der Waals surface area contributed by atoms with E-state index in [9.17, 15) is 19.8 Å². The van der Waals surface area contributed by atoms with Crippen LogP contribution in [0.4, 0.5) is 0 Å². The number of hydrogen-bond donors (Lipinski definition) is 3. The van der Waals surface area contributed by atoms with Crippen molar-refractivity contribution in [3.63, 3.8) is 0 Å². The quantitative estimate of drug-likeness (QED) is 0.133. The highest BCUT2D eigenvalue weighted by molar-refractivity contribution is 5.78. The molecule has 0 heterocycles. The zero-order chi connectivity index (χ0) is 24.6. The van der Waals surface area contributed by atoms with Crippen LogP contribution in [0.1, 0.15) is 142 Å². The molecule has 33 heavy (non-hydrogen) atoms. The first-order valence-electron chi connectivity index (χ1n) is 14.0. The first kappa shape index (κ1) is 32.1. The lowest BCUT2D eigenvalue weighted by Crippen LogP contribution is -2.43. The summed E-state index contributed by atoms with van der Waals surface area (Å²) in [6.07, 6.45) is 21.0. The SMILES string of the molecule is CCCCCCCCCCC(=O)CCC(CO)(CO)CNC(=O)CCCCCCCCCC. The van der Waals surface area contributed by atoms with Crippen LogP contribution in [-0.2, 0) is 9.59 Å². The molecule has 0 bridgehead atoms. The third kappa shape index (κ3) is 19.1. The Labute approximate surface area is 204 Å². The molecule has 0 aromatic rings. The molecule has 0 atom stereocenters. The van der Waals surface area contributed by atoms with Gasteiger partial charge in [-0.2, -0.15) is 0 Å². The number of carbonyl (C=O) groups is 2. The van der Waals surface area contributed by atoms with Gasteiger partial charge in [0.15, 0.2) is 0 Å². The zero-order valence-corrected chi connectivity index (χ0v) is 22.0. The normalized spacial score (nSPS) is 11.6. The Morgan fingerprint density at radius 1 is 0.606 bits per heavy atom. The molecule has 5 heteroatoms. The number of nitrogens with one attached hydrogen (secondary N) is 1. The van der Waals surface area contributed by atoms with Crippen LogP contribution in [0.15, 0.2) is 0 Å². The Morgan fingerprint density at radius 2 is 1.03 bits per heavy atom. The number of amides is 1. The lowest BCUT2D eigenvalue weighted by Gasteiger charge is -2.29.